The molecule has 5 nitrogen and oxygen atoms in total. The fourth-order valence-corrected chi connectivity index (χ4v) is 3.01. The molecule has 1 heterocycles. The number of rotatable bonds is 3. The van der Waals surface area contributed by atoms with Crippen molar-refractivity contribution < 1.29 is 14.4 Å². The smallest absolute Gasteiger partial charge is 0.262 e. The van der Waals surface area contributed by atoms with Gasteiger partial charge in [-0.1, -0.05) is 41.4 Å². The Morgan fingerprint density at radius 2 is 1.46 bits per heavy atom. The molecule has 1 aliphatic heterocycles. The quantitative estimate of drug-likeness (QED) is 0.848. The maximum absolute atomic E-state index is 12.5. The van der Waals surface area contributed by atoms with E-state index in [0.717, 1.165) is 4.90 Å². The normalized spacial score (nSPS) is 14.5. The lowest BCUT2D eigenvalue weighted by atomic mass is 10.1. The van der Waals surface area contributed by atoms with E-state index in [-0.39, 0.29) is 26.9 Å². The summed E-state index contributed by atoms with van der Waals surface area (Å²) in [6.07, 6.45) is 0. The lowest BCUT2D eigenvalue weighted by molar-refractivity contribution is -0.119. The molecule has 0 fully saturated rings. The summed E-state index contributed by atoms with van der Waals surface area (Å²) in [5.74, 6) is -1.55. The molecule has 0 saturated carbocycles. The fourth-order valence-electron chi connectivity index (χ4n) is 2.52. The Kier molecular flexibility index (Phi) is 4.30. The summed E-state index contributed by atoms with van der Waals surface area (Å²) in [6, 6.07) is 10.3. The minimum atomic E-state index is -1.01. The molecular weight excluding hydrogens is 351 g/mol. The van der Waals surface area contributed by atoms with Gasteiger partial charge in [-0.05, 0) is 31.2 Å². The van der Waals surface area contributed by atoms with E-state index in [1.807, 2.05) is 0 Å². The number of imide groups is 1. The van der Waals surface area contributed by atoms with Gasteiger partial charge in [-0.2, -0.15) is 0 Å². The number of carbonyl (C=O) groups excluding carboxylic acids is 3. The Hall–Kier alpha value is -2.37. The van der Waals surface area contributed by atoms with E-state index < -0.39 is 23.8 Å². The van der Waals surface area contributed by atoms with E-state index in [4.69, 9.17) is 23.2 Å². The van der Waals surface area contributed by atoms with E-state index >= 15 is 0 Å². The summed E-state index contributed by atoms with van der Waals surface area (Å²) < 4.78 is 0. The third-order valence-corrected chi connectivity index (χ3v) is 4.43. The first-order chi connectivity index (χ1) is 11.4. The van der Waals surface area contributed by atoms with Crippen molar-refractivity contribution in [2.24, 2.45) is 0 Å². The van der Waals surface area contributed by atoms with Crippen molar-refractivity contribution in [2.45, 2.75) is 13.0 Å². The summed E-state index contributed by atoms with van der Waals surface area (Å²) in [6.45, 7) is 1.47. The van der Waals surface area contributed by atoms with Crippen molar-refractivity contribution in [3.05, 3.63) is 63.6 Å². The van der Waals surface area contributed by atoms with E-state index in [1.165, 1.54) is 6.92 Å². The average Bonchev–Trinajstić information content (AvgIpc) is 2.82. The van der Waals surface area contributed by atoms with Crippen LogP contribution in [0.4, 0.5) is 5.69 Å². The molecule has 1 aliphatic rings. The molecule has 0 spiro atoms. The average molecular weight is 363 g/mol. The van der Waals surface area contributed by atoms with Crippen LogP contribution in [0.25, 0.3) is 0 Å². The minimum absolute atomic E-state index is 0.245. The van der Waals surface area contributed by atoms with E-state index in [1.54, 1.807) is 42.5 Å². The van der Waals surface area contributed by atoms with Crippen molar-refractivity contribution in [3.8, 4) is 0 Å². The molecule has 0 bridgehead atoms. The number of nitrogens with one attached hydrogen (secondary N) is 1. The lowest BCUT2D eigenvalue weighted by Crippen LogP contribution is -2.45. The molecule has 0 saturated heterocycles. The number of carbonyl (C=O) groups is 3. The molecule has 3 rings (SSSR count). The predicted molar refractivity (Wildman–Crippen MR) is 91.5 cm³/mol. The molecule has 122 valence electrons. The maximum Gasteiger partial charge on any atom is 0.262 e. The summed E-state index contributed by atoms with van der Waals surface area (Å²) in [7, 11) is 0. The number of fused-ring (bicyclic) bond motifs is 1. The number of anilines is 1. The molecule has 1 N–H and O–H groups in total. The second-order valence-corrected chi connectivity index (χ2v) is 6.10. The number of para-hydroxylation sites is 1. The largest absolute Gasteiger partial charge is 0.322 e. The molecule has 3 amide bonds. The van der Waals surface area contributed by atoms with Crippen molar-refractivity contribution in [1.82, 2.24) is 4.90 Å². The Bertz CT molecular complexity index is 811. The van der Waals surface area contributed by atoms with Crippen LogP contribution in [-0.2, 0) is 4.79 Å². The van der Waals surface area contributed by atoms with E-state index in [2.05, 4.69) is 5.32 Å². The third-order valence-electron chi connectivity index (χ3n) is 3.80. The van der Waals surface area contributed by atoms with Gasteiger partial charge in [0.15, 0.2) is 0 Å². The first kappa shape index (κ1) is 16.5. The van der Waals surface area contributed by atoms with Crippen molar-refractivity contribution >= 4 is 46.6 Å². The zero-order chi connectivity index (χ0) is 17.4. The standard InChI is InChI=1S/C17H12Cl2N2O3/c1-9(15(22)20-14-12(18)7-4-8-13(14)19)21-16(23)10-5-2-3-6-11(10)17(21)24/h2-9H,1H3,(H,20,22). The first-order valence-corrected chi connectivity index (χ1v) is 7.89. The van der Waals surface area contributed by atoms with E-state index in [9.17, 15) is 14.4 Å². The predicted octanol–water partition coefficient (Wildman–Crippen LogP) is 3.62. The van der Waals surface area contributed by atoms with Gasteiger partial charge in [-0.15, -0.1) is 0 Å². The van der Waals surface area contributed by atoms with Gasteiger partial charge in [0.2, 0.25) is 5.91 Å². The SMILES string of the molecule is CC(C(=O)Nc1c(Cl)cccc1Cl)N1C(=O)c2ccccc2C1=O. The summed E-state index contributed by atoms with van der Waals surface area (Å²) in [5.41, 5.74) is 0.824. The Morgan fingerprint density at radius 1 is 0.958 bits per heavy atom. The Balaban J connectivity index is 1.85. The van der Waals surface area contributed by atoms with Crippen LogP contribution in [0.3, 0.4) is 0 Å². The summed E-state index contributed by atoms with van der Waals surface area (Å²) in [5, 5.41) is 3.11. The first-order valence-electron chi connectivity index (χ1n) is 7.13. The maximum atomic E-state index is 12.5. The number of benzene rings is 2. The molecule has 0 radical (unpaired) electrons. The van der Waals surface area contributed by atoms with Crippen LogP contribution in [0, 0.1) is 0 Å². The number of halogens is 2. The van der Waals surface area contributed by atoms with Gasteiger partial charge in [0.1, 0.15) is 6.04 Å². The number of hydrogen-bond acceptors (Lipinski definition) is 3. The van der Waals surface area contributed by atoms with Crippen LogP contribution in [-0.4, -0.2) is 28.7 Å². The molecule has 7 heteroatoms. The lowest BCUT2D eigenvalue weighted by Gasteiger charge is -2.22. The fraction of sp³-hybridized carbons (Fsp3) is 0.118. The zero-order valence-electron chi connectivity index (χ0n) is 12.5. The van der Waals surface area contributed by atoms with Crippen LogP contribution in [0.2, 0.25) is 10.0 Å². The zero-order valence-corrected chi connectivity index (χ0v) is 14.1. The van der Waals surface area contributed by atoms with Crippen LogP contribution in [0.1, 0.15) is 27.6 Å². The number of hydrogen-bond donors (Lipinski definition) is 1. The molecule has 2 aromatic carbocycles. The van der Waals surface area contributed by atoms with E-state index in [0.29, 0.717) is 0 Å². The molecule has 2 aromatic rings. The molecule has 0 aliphatic carbocycles. The van der Waals surface area contributed by atoms with Gasteiger partial charge < -0.3 is 5.32 Å². The highest BCUT2D eigenvalue weighted by Crippen LogP contribution is 2.31. The van der Waals surface area contributed by atoms with Crippen LogP contribution < -0.4 is 5.32 Å². The minimum Gasteiger partial charge on any atom is -0.322 e. The molecule has 1 atom stereocenters. The van der Waals surface area contributed by atoms with Gasteiger partial charge in [0.05, 0.1) is 26.9 Å². The number of nitrogens with zero attached hydrogens (tertiary/aromatic N) is 1. The Labute approximate surface area is 148 Å². The highest BCUT2D eigenvalue weighted by atomic mass is 35.5. The Morgan fingerprint density at radius 3 is 1.96 bits per heavy atom. The van der Waals surface area contributed by atoms with Crippen LogP contribution in [0.15, 0.2) is 42.5 Å². The molecule has 24 heavy (non-hydrogen) atoms. The van der Waals surface area contributed by atoms with Crippen LogP contribution >= 0.6 is 23.2 Å². The van der Waals surface area contributed by atoms with Crippen molar-refractivity contribution in [1.29, 1.82) is 0 Å². The topological polar surface area (TPSA) is 66.5 Å². The second-order valence-electron chi connectivity index (χ2n) is 5.29. The molecule has 0 aromatic heterocycles. The van der Waals surface area contributed by atoms with Gasteiger partial charge in [0, 0.05) is 0 Å². The van der Waals surface area contributed by atoms with Gasteiger partial charge in [0.25, 0.3) is 11.8 Å². The molecule has 1 unspecified atom stereocenters. The van der Waals surface area contributed by atoms with Gasteiger partial charge in [-0.3, -0.25) is 19.3 Å². The molecular formula is C17H12Cl2N2O3. The van der Waals surface area contributed by atoms with Crippen LogP contribution in [0.5, 0.6) is 0 Å². The van der Waals surface area contributed by atoms with Gasteiger partial charge in [-0.25, -0.2) is 0 Å². The highest BCUT2D eigenvalue weighted by Gasteiger charge is 2.40. The highest BCUT2D eigenvalue weighted by molar-refractivity contribution is 6.39. The van der Waals surface area contributed by atoms with Crippen molar-refractivity contribution in [2.75, 3.05) is 5.32 Å². The number of amides is 3. The monoisotopic (exact) mass is 362 g/mol. The van der Waals surface area contributed by atoms with Crippen molar-refractivity contribution in [3.63, 3.8) is 0 Å². The summed E-state index contributed by atoms with van der Waals surface area (Å²) >= 11 is 12.0. The second kappa shape index (κ2) is 6.26. The third kappa shape index (κ3) is 2.66. The summed E-state index contributed by atoms with van der Waals surface area (Å²) in [4.78, 5) is 38.2. The van der Waals surface area contributed by atoms with Gasteiger partial charge >= 0.3 is 0 Å².